The SMILES string of the molecule is N#C/C(=C\c1ccc(O)c(NC(=O)Oc2ccccc2)c1)C(=O)NCCCCc1ccccc1. The number of benzene rings is 3. The highest BCUT2D eigenvalue weighted by Gasteiger charge is 2.12. The van der Waals surface area contributed by atoms with E-state index in [-0.39, 0.29) is 17.0 Å². The van der Waals surface area contributed by atoms with Crippen molar-refractivity contribution in [2.75, 3.05) is 11.9 Å². The maximum absolute atomic E-state index is 12.4. The fraction of sp³-hybridized carbons (Fsp3) is 0.148. The number of amides is 2. The summed E-state index contributed by atoms with van der Waals surface area (Å²) in [5, 5.41) is 24.7. The standard InChI is InChI=1S/C27H25N3O4/c28-19-22(26(32)29-16-8-7-11-20-9-3-1-4-10-20)17-21-14-15-25(31)24(18-21)30-27(33)34-23-12-5-2-6-13-23/h1-6,9-10,12-15,17-18,31H,7-8,11,16H2,(H,29,32)(H,30,33)/b22-17+. The van der Waals surface area contributed by atoms with Crippen LogP contribution in [0, 0.1) is 11.3 Å². The van der Waals surface area contributed by atoms with Gasteiger partial charge >= 0.3 is 6.09 Å². The lowest BCUT2D eigenvalue weighted by molar-refractivity contribution is -0.117. The number of hydrogen-bond acceptors (Lipinski definition) is 5. The van der Waals surface area contributed by atoms with Crippen LogP contribution in [0.5, 0.6) is 11.5 Å². The largest absolute Gasteiger partial charge is 0.506 e. The van der Waals surface area contributed by atoms with E-state index in [1.807, 2.05) is 24.3 Å². The van der Waals surface area contributed by atoms with Crippen molar-refractivity contribution in [3.63, 3.8) is 0 Å². The third kappa shape index (κ3) is 7.53. The molecule has 0 aliphatic heterocycles. The Hall–Kier alpha value is -4.57. The normalized spacial score (nSPS) is 10.7. The van der Waals surface area contributed by atoms with Gasteiger partial charge in [-0.1, -0.05) is 54.6 Å². The average molecular weight is 456 g/mol. The Labute approximate surface area is 198 Å². The summed E-state index contributed by atoms with van der Waals surface area (Å²) in [6.45, 7) is 0.457. The first-order valence-electron chi connectivity index (χ1n) is 10.9. The highest BCUT2D eigenvalue weighted by Crippen LogP contribution is 2.26. The number of unbranched alkanes of at least 4 members (excludes halogenated alkanes) is 1. The van der Waals surface area contributed by atoms with Gasteiger partial charge in [0.25, 0.3) is 5.91 Å². The summed E-state index contributed by atoms with van der Waals surface area (Å²) in [6.07, 6.45) is 3.24. The molecule has 0 fully saturated rings. The molecule has 34 heavy (non-hydrogen) atoms. The maximum Gasteiger partial charge on any atom is 0.417 e. The van der Waals surface area contributed by atoms with Crippen molar-refractivity contribution >= 4 is 23.8 Å². The van der Waals surface area contributed by atoms with E-state index in [0.717, 1.165) is 19.3 Å². The smallest absolute Gasteiger partial charge is 0.417 e. The van der Waals surface area contributed by atoms with E-state index >= 15 is 0 Å². The lowest BCUT2D eigenvalue weighted by Crippen LogP contribution is -2.25. The van der Waals surface area contributed by atoms with Gasteiger partial charge in [-0.05, 0) is 60.7 Å². The third-order valence-electron chi connectivity index (χ3n) is 4.91. The lowest BCUT2D eigenvalue weighted by atomic mass is 10.1. The molecule has 0 aliphatic carbocycles. The molecular weight excluding hydrogens is 430 g/mol. The number of phenols is 1. The third-order valence-corrected chi connectivity index (χ3v) is 4.91. The molecule has 7 heteroatoms. The van der Waals surface area contributed by atoms with Crippen LogP contribution < -0.4 is 15.4 Å². The minimum absolute atomic E-state index is 0.0773. The van der Waals surface area contributed by atoms with Crippen LogP contribution in [0.1, 0.15) is 24.0 Å². The molecule has 172 valence electrons. The van der Waals surface area contributed by atoms with Gasteiger partial charge in [0.1, 0.15) is 23.1 Å². The Morgan fingerprint density at radius 3 is 2.38 bits per heavy atom. The van der Waals surface area contributed by atoms with Gasteiger partial charge in [0.2, 0.25) is 0 Å². The number of nitrogens with zero attached hydrogens (tertiary/aromatic N) is 1. The fourth-order valence-electron chi connectivity index (χ4n) is 3.19. The van der Waals surface area contributed by atoms with Gasteiger partial charge < -0.3 is 15.2 Å². The molecule has 0 atom stereocenters. The van der Waals surface area contributed by atoms with Crippen LogP contribution in [-0.2, 0) is 11.2 Å². The number of aryl methyl sites for hydroxylation is 1. The zero-order chi connectivity index (χ0) is 24.2. The summed E-state index contributed by atoms with van der Waals surface area (Å²) in [5.41, 5.74) is 1.72. The van der Waals surface area contributed by atoms with Crippen LogP contribution >= 0.6 is 0 Å². The Bertz CT molecular complexity index is 1190. The van der Waals surface area contributed by atoms with E-state index < -0.39 is 12.0 Å². The molecule has 0 saturated carbocycles. The summed E-state index contributed by atoms with van der Waals surface area (Å²) >= 11 is 0. The fourth-order valence-corrected chi connectivity index (χ4v) is 3.19. The minimum atomic E-state index is -0.781. The van der Waals surface area contributed by atoms with Gasteiger partial charge in [-0.3, -0.25) is 10.1 Å². The zero-order valence-corrected chi connectivity index (χ0v) is 18.5. The van der Waals surface area contributed by atoms with Crippen molar-refractivity contribution in [3.05, 3.63) is 95.6 Å². The summed E-state index contributed by atoms with van der Waals surface area (Å²) in [7, 11) is 0. The van der Waals surface area contributed by atoms with Gasteiger partial charge in [0.05, 0.1) is 5.69 Å². The molecule has 0 heterocycles. The van der Waals surface area contributed by atoms with Crippen LogP contribution in [0.4, 0.5) is 10.5 Å². The summed E-state index contributed by atoms with van der Waals surface area (Å²) in [5.74, 6) is -0.306. The monoisotopic (exact) mass is 455 g/mol. The number of rotatable bonds is 9. The summed E-state index contributed by atoms with van der Waals surface area (Å²) in [6, 6.07) is 24.8. The van der Waals surface area contributed by atoms with Crippen molar-refractivity contribution < 1.29 is 19.4 Å². The molecular formula is C27H25N3O4. The van der Waals surface area contributed by atoms with E-state index in [1.165, 1.54) is 29.8 Å². The van der Waals surface area contributed by atoms with Crippen LogP contribution in [-0.4, -0.2) is 23.7 Å². The van der Waals surface area contributed by atoms with Crippen molar-refractivity contribution in [2.24, 2.45) is 0 Å². The van der Waals surface area contributed by atoms with Crippen LogP contribution in [0.15, 0.2) is 84.4 Å². The molecule has 0 bridgehead atoms. The Morgan fingerprint density at radius 2 is 1.68 bits per heavy atom. The topological polar surface area (TPSA) is 111 Å². The molecule has 0 saturated heterocycles. The molecule has 3 N–H and O–H groups in total. The van der Waals surface area contributed by atoms with Crippen LogP contribution in [0.3, 0.4) is 0 Å². The van der Waals surface area contributed by atoms with Gasteiger partial charge in [0, 0.05) is 6.54 Å². The van der Waals surface area contributed by atoms with Gasteiger partial charge in [-0.15, -0.1) is 0 Å². The van der Waals surface area contributed by atoms with Crippen molar-refractivity contribution in [3.8, 4) is 17.6 Å². The van der Waals surface area contributed by atoms with Gasteiger partial charge in [-0.25, -0.2) is 4.79 Å². The average Bonchev–Trinajstić information content (AvgIpc) is 2.85. The number of carbonyl (C=O) groups excluding carboxylic acids is 2. The predicted molar refractivity (Wildman–Crippen MR) is 130 cm³/mol. The van der Waals surface area contributed by atoms with Gasteiger partial charge in [-0.2, -0.15) is 5.26 Å². The van der Waals surface area contributed by atoms with Crippen LogP contribution in [0.2, 0.25) is 0 Å². The number of carbonyl (C=O) groups is 2. The molecule has 3 rings (SSSR count). The van der Waals surface area contributed by atoms with E-state index in [2.05, 4.69) is 22.8 Å². The molecule has 0 radical (unpaired) electrons. The second-order valence-corrected chi connectivity index (χ2v) is 7.47. The number of anilines is 1. The summed E-state index contributed by atoms with van der Waals surface area (Å²) in [4.78, 5) is 24.5. The number of hydrogen-bond donors (Lipinski definition) is 3. The van der Waals surface area contributed by atoms with E-state index in [1.54, 1.807) is 30.3 Å². The molecule has 0 aromatic heterocycles. The molecule has 0 aliphatic rings. The Morgan fingerprint density at radius 1 is 0.971 bits per heavy atom. The molecule has 3 aromatic rings. The molecule has 2 amide bonds. The first-order chi connectivity index (χ1) is 16.5. The minimum Gasteiger partial charge on any atom is -0.506 e. The van der Waals surface area contributed by atoms with Crippen LogP contribution in [0.25, 0.3) is 6.08 Å². The first kappa shape index (κ1) is 24.1. The number of aromatic hydroxyl groups is 1. The maximum atomic E-state index is 12.4. The zero-order valence-electron chi connectivity index (χ0n) is 18.5. The molecule has 7 nitrogen and oxygen atoms in total. The first-order valence-corrected chi connectivity index (χ1v) is 10.9. The van der Waals surface area contributed by atoms with Crippen molar-refractivity contribution in [2.45, 2.75) is 19.3 Å². The highest BCUT2D eigenvalue weighted by molar-refractivity contribution is 6.02. The number of para-hydroxylation sites is 1. The Kier molecular flexibility index (Phi) is 8.83. The van der Waals surface area contributed by atoms with Gasteiger partial charge in [0.15, 0.2) is 0 Å². The van der Waals surface area contributed by atoms with E-state index in [9.17, 15) is 20.0 Å². The Balaban J connectivity index is 1.55. The van der Waals surface area contributed by atoms with E-state index in [4.69, 9.17) is 4.74 Å². The number of nitriles is 1. The number of ether oxygens (including phenoxy) is 1. The highest BCUT2D eigenvalue weighted by atomic mass is 16.6. The predicted octanol–water partition coefficient (Wildman–Crippen LogP) is 5.05. The quantitative estimate of drug-likeness (QED) is 0.181. The second-order valence-electron chi connectivity index (χ2n) is 7.47. The van der Waals surface area contributed by atoms with E-state index in [0.29, 0.717) is 17.9 Å². The lowest BCUT2D eigenvalue weighted by Gasteiger charge is -2.09. The molecule has 0 spiro atoms. The molecule has 0 unspecified atom stereocenters. The number of nitrogens with one attached hydrogen (secondary N) is 2. The summed E-state index contributed by atoms with van der Waals surface area (Å²) < 4.78 is 5.15. The van der Waals surface area contributed by atoms with Crippen molar-refractivity contribution in [1.82, 2.24) is 5.32 Å². The molecule has 3 aromatic carbocycles. The second kappa shape index (κ2) is 12.5. The van der Waals surface area contributed by atoms with Crippen molar-refractivity contribution in [1.29, 1.82) is 5.26 Å². The number of phenolic OH excluding ortho intramolecular Hbond substituents is 1.